The van der Waals surface area contributed by atoms with Crippen molar-refractivity contribution in [3.63, 3.8) is 0 Å². The maximum Gasteiger partial charge on any atom is 0.321 e. The first-order valence-corrected chi connectivity index (χ1v) is 9.98. The smallest absolute Gasteiger partial charge is 0.321 e. The van der Waals surface area contributed by atoms with E-state index in [2.05, 4.69) is 10.1 Å². The van der Waals surface area contributed by atoms with Gasteiger partial charge < -0.3 is 10.1 Å². The van der Waals surface area contributed by atoms with Crippen LogP contribution in [0.25, 0.3) is 0 Å². The number of nitrogens with zero attached hydrogens (tertiary/aromatic N) is 1. The van der Waals surface area contributed by atoms with Crippen molar-refractivity contribution in [1.82, 2.24) is 5.32 Å². The number of ether oxygens (including phenoxy) is 1. The molecule has 0 saturated carbocycles. The highest BCUT2D eigenvalue weighted by Crippen LogP contribution is 2.26. The molecule has 0 heterocycles. The Morgan fingerprint density at radius 3 is 2.41 bits per heavy atom. The third-order valence-electron chi connectivity index (χ3n) is 3.73. The molecule has 29 heavy (non-hydrogen) atoms. The predicted octanol–water partition coefficient (Wildman–Crippen LogP) is 2.00. The fraction of sp³-hybridized carbons (Fsp3) is 0.222. The van der Waals surface area contributed by atoms with Crippen molar-refractivity contribution in [2.24, 2.45) is 0 Å². The molecule has 0 radical (unpaired) electrons. The summed E-state index contributed by atoms with van der Waals surface area (Å²) in [7, 11) is -4.34. The van der Waals surface area contributed by atoms with E-state index in [0.29, 0.717) is 5.56 Å². The van der Waals surface area contributed by atoms with E-state index in [-0.39, 0.29) is 18.7 Å². The number of carbonyl (C=O) groups is 2. The van der Waals surface area contributed by atoms with E-state index < -0.39 is 48.8 Å². The van der Waals surface area contributed by atoms with Crippen LogP contribution in [-0.2, 0) is 25.9 Å². The number of benzene rings is 2. The Morgan fingerprint density at radius 1 is 1.17 bits per heavy atom. The fourth-order valence-electron chi connectivity index (χ4n) is 2.39. The number of halogens is 1. The van der Waals surface area contributed by atoms with Crippen molar-refractivity contribution in [2.75, 3.05) is 12.4 Å². The summed E-state index contributed by atoms with van der Waals surface area (Å²) in [5.74, 6) is -3.22. The van der Waals surface area contributed by atoms with Gasteiger partial charge in [0.25, 0.3) is 11.6 Å². The number of amides is 1. The lowest BCUT2D eigenvalue weighted by atomic mass is 10.1. The number of carbonyl (C=O) groups excluding carboxylic acids is 2. The van der Waals surface area contributed by atoms with Gasteiger partial charge in [0.1, 0.15) is 10.7 Å². The van der Waals surface area contributed by atoms with Crippen LogP contribution in [0.15, 0.2) is 47.4 Å². The van der Waals surface area contributed by atoms with Gasteiger partial charge in [0, 0.05) is 18.2 Å². The number of sulfone groups is 1. The van der Waals surface area contributed by atoms with Gasteiger partial charge in [-0.25, -0.2) is 12.8 Å². The number of esters is 1. The summed E-state index contributed by atoms with van der Waals surface area (Å²) in [5, 5.41) is 13.8. The minimum Gasteiger partial charge on any atom is -0.465 e. The summed E-state index contributed by atoms with van der Waals surface area (Å²) >= 11 is 0. The van der Waals surface area contributed by atoms with Crippen molar-refractivity contribution in [3.05, 3.63) is 69.5 Å². The average molecular weight is 424 g/mol. The molecule has 0 unspecified atom stereocenters. The zero-order valence-electron chi connectivity index (χ0n) is 15.3. The van der Waals surface area contributed by atoms with E-state index >= 15 is 0 Å². The fourth-order valence-corrected chi connectivity index (χ4v) is 3.66. The van der Waals surface area contributed by atoms with Gasteiger partial charge in [0.05, 0.1) is 11.5 Å². The molecule has 2 aromatic rings. The van der Waals surface area contributed by atoms with E-state index in [4.69, 9.17) is 0 Å². The lowest BCUT2D eigenvalue weighted by Gasteiger charge is -2.08. The van der Waals surface area contributed by atoms with E-state index in [1.165, 1.54) is 31.2 Å². The topological polar surface area (TPSA) is 133 Å². The molecule has 1 N–H and O–H groups in total. The highest BCUT2D eigenvalue weighted by molar-refractivity contribution is 7.92. The quantitative estimate of drug-likeness (QED) is 0.389. The average Bonchev–Trinajstić information content (AvgIpc) is 2.66. The number of nitrogens with one attached hydrogen (secondary N) is 1. The van der Waals surface area contributed by atoms with Gasteiger partial charge in [-0.2, -0.15) is 0 Å². The molecule has 0 bridgehead atoms. The second-order valence-corrected chi connectivity index (χ2v) is 7.77. The normalized spacial score (nSPS) is 11.0. The lowest BCUT2D eigenvalue weighted by molar-refractivity contribution is -0.387. The Labute approximate surface area is 165 Å². The summed E-state index contributed by atoms with van der Waals surface area (Å²) < 4.78 is 42.1. The van der Waals surface area contributed by atoms with Crippen LogP contribution in [0.3, 0.4) is 0 Å². The van der Waals surface area contributed by atoms with Gasteiger partial charge in [-0.15, -0.1) is 0 Å². The Hall–Kier alpha value is -3.34. The van der Waals surface area contributed by atoms with E-state index in [1.807, 2.05) is 0 Å². The molecule has 2 aromatic carbocycles. The second kappa shape index (κ2) is 9.24. The van der Waals surface area contributed by atoms with Gasteiger partial charge in [-0.3, -0.25) is 19.7 Å². The monoisotopic (exact) mass is 424 g/mol. The third kappa shape index (κ3) is 5.82. The Balaban J connectivity index is 2.24. The third-order valence-corrected chi connectivity index (χ3v) is 5.36. The van der Waals surface area contributed by atoms with Crippen LogP contribution in [0.5, 0.6) is 0 Å². The standard InChI is InChI=1S/C18H17FN2O7S/c1-2-28-17(22)11-29(26,27)16-8-5-13(9-15(16)21(24)25)18(23)20-10-12-3-6-14(19)7-4-12/h3-9H,2,10-11H2,1H3,(H,20,23). The Bertz CT molecular complexity index is 1040. The highest BCUT2D eigenvalue weighted by Gasteiger charge is 2.29. The molecule has 0 aliphatic rings. The van der Waals surface area contributed by atoms with Crippen LogP contribution in [0.2, 0.25) is 0 Å². The van der Waals surface area contributed by atoms with Crippen LogP contribution < -0.4 is 5.32 Å². The van der Waals surface area contributed by atoms with Crippen molar-refractivity contribution in [2.45, 2.75) is 18.4 Å². The first kappa shape index (κ1) is 22.0. The molecular formula is C18H17FN2O7S. The Morgan fingerprint density at radius 2 is 1.83 bits per heavy atom. The SMILES string of the molecule is CCOC(=O)CS(=O)(=O)c1ccc(C(=O)NCc2ccc(F)cc2)cc1[N+](=O)[O-]. The molecule has 0 saturated heterocycles. The first-order valence-electron chi connectivity index (χ1n) is 8.33. The van der Waals surface area contributed by atoms with Crippen LogP contribution >= 0.6 is 0 Å². The molecule has 0 fully saturated rings. The summed E-state index contributed by atoms with van der Waals surface area (Å²) in [6.45, 7) is 1.49. The lowest BCUT2D eigenvalue weighted by Crippen LogP contribution is -2.23. The van der Waals surface area contributed by atoms with Crippen LogP contribution in [0, 0.1) is 15.9 Å². The van der Waals surface area contributed by atoms with E-state index in [9.17, 15) is 32.5 Å². The van der Waals surface area contributed by atoms with Crippen molar-refractivity contribution in [1.29, 1.82) is 0 Å². The molecule has 0 aliphatic heterocycles. The Kier molecular flexibility index (Phi) is 6.99. The molecule has 0 aromatic heterocycles. The van der Waals surface area contributed by atoms with E-state index in [0.717, 1.165) is 18.2 Å². The van der Waals surface area contributed by atoms with Crippen LogP contribution in [0.4, 0.5) is 10.1 Å². The molecule has 0 aliphatic carbocycles. The first-order chi connectivity index (χ1) is 13.6. The number of nitro groups is 1. The number of hydrogen-bond donors (Lipinski definition) is 1. The summed E-state index contributed by atoms with van der Waals surface area (Å²) in [6.07, 6.45) is 0. The maximum absolute atomic E-state index is 12.9. The van der Waals surface area contributed by atoms with Crippen molar-refractivity contribution < 1.29 is 32.1 Å². The number of rotatable bonds is 8. The number of nitro benzene ring substituents is 1. The molecule has 154 valence electrons. The molecule has 0 atom stereocenters. The molecule has 0 spiro atoms. The largest absolute Gasteiger partial charge is 0.465 e. The van der Waals surface area contributed by atoms with Gasteiger partial charge >= 0.3 is 5.97 Å². The van der Waals surface area contributed by atoms with Gasteiger partial charge in [-0.05, 0) is 36.8 Å². The molecule has 1 amide bonds. The van der Waals surface area contributed by atoms with E-state index in [1.54, 1.807) is 0 Å². The zero-order chi connectivity index (χ0) is 21.6. The molecular weight excluding hydrogens is 407 g/mol. The van der Waals surface area contributed by atoms with Gasteiger partial charge in [0.2, 0.25) is 0 Å². The maximum atomic E-state index is 12.9. The van der Waals surface area contributed by atoms with Gasteiger partial charge in [0.15, 0.2) is 15.6 Å². The minimum absolute atomic E-state index is 0.0375. The predicted molar refractivity (Wildman–Crippen MR) is 99.4 cm³/mol. The van der Waals surface area contributed by atoms with Crippen molar-refractivity contribution in [3.8, 4) is 0 Å². The second-order valence-electron chi connectivity index (χ2n) is 5.81. The summed E-state index contributed by atoms with van der Waals surface area (Å²) in [4.78, 5) is 33.4. The van der Waals surface area contributed by atoms with Crippen LogP contribution in [-0.4, -0.2) is 37.6 Å². The highest BCUT2D eigenvalue weighted by atomic mass is 32.2. The molecule has 11 heteroatoms. The van der Waals surface area contributed by atoms with Gasteiger partial charge in [-0.1, -0.05) is 12.1 Å². The minimum atomic E-state index is -4.34. The van der Waals surface area contributed by atoms with Crippen LogP contribution in [0.1, 0.15) is 22.8 Å². The number of hydrogen-bond acceptors (Lipinski definition) is 7. The van der Waals surface area contributed by atoms with Crippen molar-refractivity contribution >= 4 is 27.4 Å². The molecule has 9 nitrogen and oxygen atoms in total. The zero-order valence-corrected chi connectivity index (χ0v) is 16.1. The summed E-state index contributed by atoms with van der Waals surface area (Å²) in [6, 6.07) is 8.18. The molecule has 2 rings (SSSR count). The summed E-state index contributed by atoms with van der Waals surface area (Å²) in [5.41, 5.74) is -0.375.